The molecule has 1 aliphatic heterocycles. The van der Waals surface area contributed by atoms with Crippen molar-refractivity contribution < 1.29 is 13.6 Å². The van der Waals surface area contributed by atoms with Crippen LogP contribution in [0, 0.1) is 0 Å². The highest BCUT2D eigenvalue weighted by Crippen LogP contribution is 2.17. The van der Waals surface area contributed by atoms with Crippen LogP contribution in [0.3, 0.4) is 0 Å². The first-order valence-corrected chi connectivity index (χ1v) is 4.45. The maximum absolute atomic E-state index is 12.1. The average Bonchev–Trinajstić information content (AvgIpc) is 2.16. The monoisotopic (exact) mass is 192 g/mol. The summed E-state index contributed by atoms with van der Waals surface area (Å²) >= 11 is 0. The van der Waals surface area contributed by atoms with E-state index in [1.807, 2.05) is 0 Å². The Bertz CT molecular complexity index is 187. The third kappa shape index (κ3) is 2.37. The molecule has 0 saturated carbocycles. The fraction of sp³-hybridized carbons (Fsp3) is 0.875. The summed E-state index contributed by atoms with van der Waals surface area (Å²) in [6, 6.07) is -0.185. The van der Waals surface area contributed by atoms with Crippen LogP contribution in [0.2, 0.25) is 0 Å². The van der Waals surface area contributed by atoms with Gasteiger partial charge in [-0.25, -0.2) is 0 Å². The van der Waals surface area contributed by atoms with Gasteiger partial charge in [0.05, 0.1) is 0 Å². The fourth-order valence-corrected chi connectivity index (χ4v) is 1.66. The second-order valence-corrected chi connectivity index (χ2v) is 3.22. The number of piperidine rings is 1. The molecular formula is C8H14F2N2O. The van der Waals surface area contributed by atoms with Gasteiger partial charge in [-0.3, -0.25) is 4.79 Å². The van der Waals surface area contributed by atoms with Crippen LogP contribution in [0.1, 0.15) is 19.3 Å². The van der Waals surface area contributed by atoms with Crippen molar-refractivity contribution in [3.63, 3.8) is 0 Å². The predicted molar refractivity (Wildman–Crippen MR) is 44.4 cm³/mol. The molecule has 1 rings (SSSR count). The van der Waals surface area contributed by atoms with Gasteiger partial charge in [-0.15, -0.1) is 0 Å². The lowest BCUT2D eigenvalue weighted by molar-refractivity contribution is -0.146. The molecule has 1 unspecified atom stereocenters. The molecule has 0 aromatic rings. The van der Waals surface area contributed by atoms with E-state index >= 15 is 0 Å². The molecule has 0 spiro atoms. The standard InChI is InChI=1S/C8H14F2N2O/c9-7(10)8(13)12-4-2-1-3-6(12)5-11/h6-7H,1-5,11H2. The first kappa shape index (κ1) is 10.4. The minimum atomic E-state index is -2.90. The molecule has 3 nitrogen and oxygen atoms in total. The summed E-state index contributed by atoms with van der Waals surface area (Å²) in [5.74, 6) is -1.07. The average molecular weight is 192 g/mol. The van der Waals surface area contributed by atoms with Crippen molar-refractivity contribution in [3.8, 4) is 0 Å². The van der Waals surface area contributed by atoms with E-state index in [2.05, 4.69) is 0 Å². The molecule has 0 aromatic carbocycles. The fourth-order valence-electron chi connectivity index (χ4n) is 1.66. The largest absolute Gasteiger partial charge is 0.333 e. The Morgan fingerprint density at radius 3 is 2.77 bits per heavy atom. The third-order valence-corrected chi connectivity index (χ3v) is 2.37. The summed E-state index contributed by atoms with van der Waals surface area (Å²) in [7, 11) is 0. The molecule has 76 valence electrons. The van der Waals surface area contributed by atoms with Crippen molar-refractivity contribution in [1.82, 2.24) is 4.90 Å². The van der Waals surface area contributed by atoms with Gasteiger partial charge in [0.15, 0.2) is 0 Å². The van der Waals surface area contributed by atoms with E-state index in [9.17, 15) is 13.6 Å². The summed E-state index contributed by atoms with van der Waals surface area (Å²) in [4.78, 5) is 12.2. The minimum Gasteiger partial charge on any atom is -0.333 e. The van der Waals surface area contributed by atoms with Crippen LogP contribution in [0.25, 0.3) is 0 Å². The molecule has 13 heavy (non-hydrogen) atoms. The number of nitrogens with zero attached hydrogens (tertiary/aromatic N) is 1. The molecule has 1 heterocycles. The molecule has 1 amide bonds. The zero-order chi connectivity index (χ0) is 9.84. The summed E-state index contributed by atoms with van der Waals surface area (Å²) in [6.07, 6.45) is -0.383. The van der Waals surface area contributed by atoms with E-state index in [0.717, 1.165) is 19.3 Å². The molecular weight excluding hydrogens is 178 g/mol. The smallest absolute Gasteiger partial charge is 0.315 e. The maximum Gasteiger partial charge on any atom is 0.315 e. The predicted octanol–water partition coefficient (Wildman–Crippen LogP) is 0.591. The van der Waals surface area contributed by atoms with E-state index in [1.54, 1.807) is 0 Å². The van der Waals surface area contributed by atoms with Crippen LogP contribution < -0.4 is 5.73 Å². The lowest BCUT2D eigenvalue weighted by Crippen LogP contribution is -2.49. The number of hydrogen-bond donors (Lipinski definition) is 1. The Morgan fingerprint density at radius 2 is 2.23 bits per heavy atom. The number of rotatable bonds is 2. The first-order chi connectivity index (χ1) is 6.16. The molecule has 5 heteroatoms. The molecule has 1 saturated heterocycles. The van der Waals surface area contributed by atoms with Crippen molar-refractivity contribution in [2.75, 3.05) is 13.1 Å². The van der Waals surface area contributed by atoms with Crippen LogP contribution in [-0.4, -0.2) is 36.4 Å². The van der Waals surface area contributed by atoms with Gasteiger partial charge >= 0.3 is 6.43 Å². The highest BCUT2D eigenvalue weighted by Gasteiger charge is 2.30. The molecule has 1 aliphatic rings. The van der Waals surface area contributed by atoms with E-state index in [1.165, 1.54) is 4.90 Å². The number of halogens is 2. The van der Waals surface area contributed by atoms with Gasteiger partial charge in [-0.05, 0) is 19.3 Å². The van der Waals surface area contributed by atoms with Crippen LogP contribution in [-0.2, 0) is 4.79 Å². The van der Waals surface area contributed by atoms with E-state index in [4.69, 9.17) is 5.73 Å². The minimum absolute atomic E-state index is 0.185. The molecule has 0 aromatic heterocycles. The lowest BCUT2D eigenvalue weighted by atomic mass is 10.0. The summed E-state index contributed by atoms with van der Waals surface area (Å²) in [5, 5.41) is 0. The quantitative estimate of drug-likeness (QED) is 0.696. The van der Waals surface area contributed by atoms with Crippen molar-refractivity contribution >= 4 is 5.91 Å². The highest BCUT2D eigenvalue weighted by molar-refractivity contribution is 5.79. The number of nitrogens with two attached hydrogens (primary N) is 1. The van der Waals surface area contributed by atoms with E-state index in [0.29, 0.717) is 6.54 Å². The molecule has 1 fully saturated rings. The van der Waals surface area contributed by atoms with Crippen molar-refractivity contribution in [3.05, 3.63) is 0 Å². The Morgan fingerprint density at radius 1 is 1.54 bits per heavy atom. The maximum atomic E-state index is 12.1. The van der Waals surface area contributed by atoms with Crippen LogP contribution in [0.4, 0.5) is 8.78 Å². The third-order valence-electron chi connectivity index (χ3n) is 2.37. The van der Waals surface area contributed by atoms with Crippen molar-refractivity contribution in [1.29, 1.82) is 0 Å². The molecule has 0 aliphatic carbocycles. The highest BCUT2D eigenvalue weighted by atomic mass is 19.3. The molecule has 0 bridgehead atoms. The van der Waals surface area contributed by atoms with Gasteiger partial charge in [0.25, 0.3) is 5.91 Å². The number of likely N-dealkylation sites (tertiary alicyclic amines) is 1. The van der Waals surface area contributed by atoms with Crippen LogP contribution >= 0.6 is 0 Å². The van der Waals surface area contributed by atoms with Gasteiger partial charge in [0.2, 0.25) is 0 Å². The Hall–Kier alpha value is -0.710. The Kier molecular flexibility index (Phi) is 3.59. The van der Waals surface area contributed by atoms with Gasteiger partial charge in [-0.2, -0.15) is 8.78 Å². The summed E-state index contributed by atoms with van der Waals surface area (Å²) in [5.41, 5.74) is 5.39. The Labute approximate surface area is 75.9 Å². The van der Waals surface area contributed by atoms with Gasteiger partial charge in [0.1, 0.15) is 0 Å². The Balaban J connectivity index is 2.58. The second kappa shape index (κ2) is 4.50. The number of carbonyl (C=O) groups excluding carboxylic acids is 1. The number of carbonyl (C=O) groups is 1. The number of hydrogen-bond acceptors (Lipinski definition) is 2. The van der Waals surface area contributed by atoms with Gasteiger partial charge in [0, 0.05) is 19.1 Å². The topological polar surface area (TPSA) is 46.3 Å². The number of amides is 1. The van der Waals surface area contributed by atoms with Gasteiger partial charge in [-0.1, -0.05) is 0 Å². The lowest BCUT2D eigenvalue weighted by Gasteiger charge is -2.34. The van der Waals surface area contributed by atoms with E-state index < -0.39 is 12.3 Å². The molecule has 1 atom stereocenters. The van der Waals surface area contributed by atoms with E-state index in [-0.39, 0.29) is 12.6 Å². The summed E-state index contributed by atoms with van der Waals surface area (Å²) in [6.45, 7) is 0.698. The molecule has 2 N–H and O–H groups in total. The van der Waals surface area contributed by atoms with Crippen molar-refractivity contribution in [2.45, 2.75) is 31.7 Å². The SMILES string of the molecule is NCC1CCCCN1C(=O)C(F)F. The first-order valence-electron chi connectivity index (χ1n) is 4.45. The van der Waals surface area contributed by atoms with Crippen LogP contribution in [0.15, 0.2) is 0 Å². The zero-order valence-electron chi connectivity index (χ0n) is 7.38. The molecule has 0 radical (unpaired) electrons. The van der Waals surface area contributed by atoms with Crippen molar-refractivity contribution in [2.24, 2.45) is 5.73 Å². The van der Waals surface area contributed by atoms with Gasteiger partial charge < -0.3 is 10.6 Å². The second-order valence-electron chi connectivity index (χ2n) is 3.22. The zero-order valence-corrected chi connectivity index (χ0v) is 7.38. The van der Waals surface area contributed by atoms with Crippen LogP contribution in [0.5, 0.6) is 0 Å². The number of alkyl halides is 2. The normalized spacial score (nSPS) is 23.7. The summed E-state index contributed by atoms with van der Waals surface area (Å²) < 4.78 is 24.2.